The first kappa shape index (κ1) is 18.8. The molecular weight excluding hydrogens is 349 g/mol. The number of aromatic amines is 1. The summed E-state index contributed by atoms with van der Waals surface area (Å²) in [6.07, 6.45) is 6.15. The zero-order valence-electron chi connectivity index (χ0n) is 13.9. The Kier molecular flexibility index (Phi) is 6.32. The average molecular weight is 372 g/mol. The van der Waals surface area contributed by atoms with Crippen LogP contribution in [0.15, 0.2) is 12.4 Å². The predicted molar refractivity (Wildman–Crippen MR) is 102 cm³/mol. The maximum absolute atomic E-state index is 11.8. The van der Waals surface area contributed by atoms with Gasteiger partial charge in [-0.05, 0) is 19.9 Å². The zero-order chi connectivity index (χ0) is 16.4. The van der Waals surface area contributed by atoms with Crippen molar-refractivity contribution < 1.29 is 4.79 Å². The van der Waals surface area contributed by atoms with Crippen LogP contribution in [-0.2, 0) is 4.79 Å². The number of piperidine rings is 1. The maximum Gasteiger partial charge on any atom is 0.224 e. The molecule has 0 spiro atoms. The van der Waals surface area contributed by atoms with E-state index in [-0.39, 0.29) is 18.3 Å². The second-order valence-electron chi connectivity index (χ2n) is 5.86. The molecule has 1 amide bonds. The molecule has 6 nitrogen and oxygen atoms in total. The fourth-order valence-electron chi connectivity index (χ4n) is 3.12. The Morgan fingerprint density at radius 1 is 1.54 bits per heavy atom. The number of hydrogen-bond donors (Lipinski definition) is 3. The van der Waals surface area contributed by atoms with Crippen LogP contribution in [0, 0.1) is 0 Å². The van der Waals surface area contributed by atoms with E-state index in [1.54, 1.807) is 12.4 Å². The van der Waals surface area contributed by atoms with Gasteiger partial charge in [0.1, 0.15) is 5.65 Å². The van der Waals surface area contributed by atoms with Crippen molar-refractivity contribution in [2.75, 3.05) is 30.4 Å². The first-order valence-corrected chi connectivity index (χ1v) is 8.39. The van der Waals surface area contributed by atoms with Crippen molar-refractivity contribution in [1.82, 2.24) is 15.3 Å². The Morgan fingerprint density at radius 2 is 2.33 bits per heavy atom. The molecule has 1 atom stereocenters. The second kappa shape index (κ2) is 8.05. The molecular formula is C16H23Cl2N5O. The highest BCUT2D eigenvalue weighted by atomic mass is 35.5. The molecule has 1 aliphatic heterocycles. The fraction of sp³-hybridized carbons (Fsp3) is 0.500. The standard InChI is InChI=1S/C16H22ClN5O.ClH/c1-3-13(23)21-12-8-20-16-14(12)15(11(17)7-19-16)22-6-4-5-10(9-22)18-2;/h7-8,10,18H,3-6,9H2,1-2H3,(H,19,20)(H,21,23);1H. The van der Waals surface area contributed by atoms with E-state index in [1.807, 2.05) is 14.0 Å². The lowest BCUT2D eigenvalue weighted by atomic mass is 10.0. The molecule has 2 aromatic heterocycles. The SMILES string of the molecule is CCC(=O)Nc1c[nH]c2ncc(Cl)c(N3CCCC(NC)C3)c12.Cl. The number of anilines is 2. The monoisotopic (exact) mass is 371 g/mol. The van der Waals surface area contributed by atoms with Gasteiger partial charge in [-0.2, -0.15) is 0 Å². The summed E-state index contributed by atoms with van der Waals surface area (Å²) in [5.74, 6) is -0.0245. The van der Waals surface area contributed by atoms with E-state index in [1.165, 1.54) is 0 Å². The molecule has 0 radical (unpaired) electrons. The summed E-state index contributed by atoms with van der Waals surface area (Å²) in [4.78, 5) is 21.5. The third-order valence-electron chi connectivity index (χ3n) is 4.37. The van der Waals surface area contributed by atoms with Crippen LogP contribution in [-0.4, -0.2) is 42.1 Å². The first-order valence-electron chi connectivity index (χ1n) is 8.01. The van der Waals surface area contributed by atoms with Gasteiger partial charge in [-0.1, -0.05) is 18.5 Å². The van der Waals surface area contributed by atoms with Gasteiger partial charge in [0.15, 0.2) is 0 Å². The minimum atomic E-state index is -0.0245. The lowest BCUT2D eigenvalue weighted by molar-refractivity contribution is -0.115. The van der Waals surface area contributed by atoms with Crippen LogP contribution in [0.5, 0.6) is 0 Å². The van der Waals surface area contributed by atoms with E-state index < -0.39 is 0 Å². The van der Waals surface area contributed by atoms with Gasteiger partial charge < -0.3 is 20.5 Å². The molecule has 132 valence electrons. The number of halogens is 2. The third-order valence-corrected chi connectivity index (χ3v) is 4.65. The lowest BCUT2D eigenvalue weighted by Gasteiger charge is -2.35. The van der Waals surface area contributed by atoms with Crippen LogP contribution < -0.4 is 15.5 Å². The molecule has 0 saturated carbocycles. The minimum absolute atomic E-state index is 0. The summed E-state index contributed by atoms with van der Waals surface area (Å²) in [6, 6.07) is 0.440. The van der Waals surface area contributed by atoms with E-state index in [4.69, 9.17) is 11.6 Å². The van der Waals surface area contributed by atoms with Crippen molar-refractivity contribution in [1.29, 1.82) is 0 Å². The molecule has 1 aliphatic rings. The fourth-order valence-corrected chi connectivity index (χ4v) is 3.38. The second-order valence-corrected chi connectivity index (χ2v) is 6.26. The van der Waals surface area contributed by atoms with Crippen LogP contribution in [0.2, 0.25) is 5.02 Å². The largest absolute Gasteiger partial charge is 0.368 e. The van der Waals surface area contributed by atoms with Crippen LogP contribution in [0.25, 0.3) is 11.0 Å². The summed E-state index contributed by atoms with van der Waals surface area (Å²) in [5.41, 5.74) is 2.43. The Bertz CT molecular complexity index is 718. The number of likely N-dealkylation sites (N-methyl/N-ethyl adjacent to an activating group) is 1. The third kappa shape index (κ3) is 3.61. The summed E-state index contributed by atoms with van der Waals surface area (Å²) in [6.45, 7) is 3.67. The van der Waals surface area contributed by atoms with Gasteiger partial charge in [-0.15, -0.1) is 12.4 Å². The summed E-state index contributed by atoms with van der Waals surface area (Å²) in [7, 11) is 1.99. The smallest absolute Gasteiger partial charge is 0.224 e. The summed E-state index contributed by atoms with van der Waals surface area (Å²) >= 11 is 6.48. The van der Waals surface area contributed by atoms with Crippen molar-refractivity contribution in [3.05, 3.63) is 17.4 Å². The molecule has 1 fully saturated rings. The number of aromatic nitrogens is 2. The molecule has 1 saturated heterocycles. The molecule has 24 heavy (non-hydrogen) atoms. The van der Waals surface area contributed by atoms with Gasteiger partial charge in [0, 0.05) is 31.7 Å². The van der Waals surface area contributed by atoms with Crippen molar-refractivity contribution in [3.63, 3.8) is 0 Å². The Balaban J connectivity index is 0.00000208. The zero-order valence-corrected chi connectivity index (χ0v) is 15.4. The van der Waals surface area contributed by atoms with E-state index in [2.05, 4.69) is 25.5 Å². The van der Waals surface area contributed by atoms with Gasteiger partial charge in [0.25, 0.3) is 0 Å². The van der Waals surface area contributed by atoms with Gasteiger partial charge in [-0.25, -0.2) is 4.98 Å². The number of pyridine rings is 1. The van der Waals surface area contributed by atoms with Gasteiger partial charge in [0.2, 0.25) is 5.91 Å². The highest BCUT2D eigenvalue weighted by Crippen LogP contribution is 2.38. The van der Waals surface area contributed by atoms with Crippen molar-refractivity contribution in [2.24, 2.45) is 0 Å². The predicted octanol–water partition coefficient (Wildman–Crippen LogP) is 3.17. The van der Waals surface area contributed by atoms with Gasteiger partial charge in [-0.3, -0.25) is 4.79 Å². The van der Waals surface area contributed by atoms with E-state index in [0.29, 0.717) is 17.5 Å². The van der Waals surface area contributed by atoms with E-state index in [0.717, 1.165) is 48.3 Å². The van der Waals surface area contributed by atoms with Crippen molar-refractivity contribution in [2.45, 2.75) is 32.2 Å². The average Bonchev–Trinajstić information content (AvgIpc) is 2.97. The number of nitrogens with one attached hydrogen (secondary N) is 3. The quantitative estimate of drug-likeness (QED) is 0.771. The minimum Gasteiger partial charge on any atom is -0.368 e. The number of fused-ring (bicyclic) bond motifs is 1. The normalized spacial score (nSPS) is 17.6. The number of rotatable bonds is 4. The molecule has 2 aromatic rings. The topological polar surface area (TPSA) is 73.0 Å². The molecule has 3 heterocycles. The molecule has 0 bridgehead atoms. The molecule has 1 unspecified atom stereocenters. The molecule has 3 rings (SSSR count). The van der Waals surface area contributed by atoms with Crippen molar-refractivity contribution in [3.8, 4) is 0 Å². The number of amides is 1. The molecule has 0 aliphatic carbocycles. The highest BCUT2D eigenvalue weighted by molar-refractivity contribution is 6.35. The number of carbonyl (C=O) groups excluding carboxylic acids is 1. The van der Waals surface area contributed by atoms with E-state index in [9.17, 15) is 4.79 Å². The molecule has 8 heteroatoms. The Labute approximate surface area is 152 Å². The first-order chi connectivity index (χ1) is 11.1. The van der Waals surface area contributed by atoms with Gasteiger partial charge >= 0.3 is 0 Å². The number of nitrogens with zero attached hydrogens (tertiary/aromatic N) is 2. The lowest BCUT2D eigenvalue weighted by Crippen LogP contribution is -2.44. The summed E-state index contributed by atoms with van der Waals surface area (Å²) in [5, 5.41) is 7.78. The molecule has 3 N–H and O–H groups in total. The highest BCUT2D eigenvalue weighted by Gasteiger charge is 2.24. The van der Waals surface area contributed by atoms with Crippen LogP contribution >= 0.6 is 24.0 Å². The van der Waals surface area contributed by atoms with Crippen LogP contribution in [0.1, 0.15) is 26.2 Å². The maximum atomic E-state index is 11.8. The number of H-pyrrole nitrogens is 1. The number of hydrogen-bond acceptors (Lipinski definition) is 4. The Morgan fingerprint density at radius 3 is 3.04 bits per heavy atom. The van der Waals surface area contributed by atoms with Gasteiger partial charge in [0.05, 0.1) is 28.0 Å². The van der Waals surface area contributed by atoms with Crippen LogP contribution in [0.4, 0.5) is 11.4 Å². The summed E-state index contributed by atoms with van der Waals surface area (Å²) < 4.78 is 0. The van der Waals surface area contributed by atoms with Crippen LogP contribution in [0.3, 0.4) is 0 Å². The Hall–Kier alpha value is -1.50. The molecule has 0 aromatic carbocycles. The number of carbonyl (C=O) groups is 1. The van der Waals surface area contributed by atoms with Crippen molar-refractivity contribution >= 4 is 52.3 Å². The van der Waals surface area contributed by atoms with E-state index >= 15 is 0 Å².